The first kappa shape index (κ1) is 18.2. The second-order valence-electron chi connectivity index (χ2n) is 6.35. The molecule has 0 amide bonds. The molecule has 4 rings (SSSR count). The maximum absolute atomic E-state index is 12.1. The van der Waals surface area contributed by atoms with E-state index in [0.29, 0.717) is 10.8 Å². The zero-order valence-corrected chi connectivity index (χ0v) is 16.8. The van der Waals surface area contributed by atoms with Gasteiger partial charge in [0.2, 0.25) is 0 Å². The second-order valence-corrected chi connectivity index (χ2v) is 10.3. The van der Waals surface area contributed by atoms with Crippen molar-refractivity contribution < 1.29 is 8.42 Å². The average Bonchev–Trinajstić information content (AvgIpc) is 3.06. The molecule has 0 saturated carbocycles. The summed E-state index contributed by atoms with van der Waals surface area (Å²) in [6, 6.07) is 14.8. The number of hydrogen-bond acceptors (Lipinski definition) is 5. The van der Waals surface area contributed by atoms with Gasteiger partial charge < -0.3 is 4.90 Å². The smallest absolute Gasteiger partial charge is 0.164 e. The maximum atomic E-state index is 12.1. The summed E-state index contributed by atoms with van der Waals surface area (Å²) in [7, 11) is -3.06. The molecule has 0 aromatic heterocycles. The fourth-order valence-electron chi connectivity index (χ4n) is 3.29. The summed E-state index contributed by atoms with van der Waals surface area (Å²) in [5.74, 6) is 0.909. The SMILES string of the molecule is O=S1(=O)C[C@@H]2N=C(SCc3ccccc3Cl)N(c3ccc(Cl)cc3)[C@H]2C1. The molecule has 0 spiro atoms. The number of halogens is 2. The highest BCUT2D eigenvalue weighted by atomic mass is 35.5. The molecular formula is C18H16Cl2N2O2S2. The molecule has 0 bridgehead atoms. The third-order valence-electron chi connectivity index (χ3n) is 4.53. The zero-order chi connectivity index (χ0) is 18.3. The average molecular weight is 427 g/mol. The Morgan fingerprint density at radius 1 is 1.08 bits per heavy atom. The van der Waals surface area contributed by atoms with E-state index in [1.165, 1.54) is 0 Å². The number of anilines is 1. The largest absolute Gasteiger partial charge is 0.315 e. The third kappa shape index (κ3) is 3.60. The fraction of sp³-hybridized carbons (Fsp3) is 0.278. The van der Waals surface area contributed by atoms with Gasteiger partial charge in [-0.1, -0.05) is 53.2 Å². The van der Waals surface area contributed by atoms with Gasteiger partial charge in [0, 0.05) is 21.5 Å². The lowest BCUT2D eigenvalue weighted by Crippen LogP contribution is -2.39. The summed E-state index contributed by atoms with van der Waals surface area (Å²) < 4.78 is 24.1. The number of nitrogens with zero attached hydrogens (tertiary/aromatic N) is 2. The number of rotatable bonds is 3. The van der Waals surface area contributed by atoms with Gasteiger partial charge >= 0.3 is 0 Å². The van der Waals surface area contributed by atoms with Gasteiger partial charge in [0.05, 0.1) is 23.6 Å². The summed E-state index contributed by atoms with van der Waals surface area (Å²) in [4.78, 5) is 6.76. The summed E-state index contributed by atoms with van der Waals surface area (Å²) in [6.07, 6.45) is 0. The van der Waals surface area contributed by atoms with Crippen LogP contribution in [0.3, 0.4) is 0 Å². The summed E-state index contributed by atoms with van der Waals surface area (Å²) in [5.41, 5.74) is 1.94. The molecule has 0 aliphatic carbocycles. The molecule has 8 heteroatoms. The third-order valence-corrected chi connectivity index (χ3v) is 7.86. The minimum Gasteiger partial charge on any atom is -0.315 e. The molecular weight excluding hydrogens is 411 g/mol. The van der Waals surface area contributed by atoms with Crippen LogP contribution in [0.4, 0.5) is 5.69 Å². The lowest BCUT2D eigenvalue weighted by molar-refractivity contribution is 0.601. The molecule has 2 aromatic carbocycles. The fourth-order valence-corrected chi connectivity index (χ4v) is 6.67. The van der Waals surface area contributed by atoms with Crippen LogP contribution in [0.5, 0.6) is 0 Å². The molecule has 1 saturated heterocycles. The lowest BCUT2D eigenvalue weighted by Gasteiger charge is -2.26. The van der Waals surface area contributed by atoms with Crippen molar-refractivity contribution in [2.75, 3.05) is 16.4 Å². The van der Waals surface area contributed by atoms with Crippen LogP contribution in [-0.4, -0.2) is 37.2 Å². The van der Waals surface area contributed by atoms with Gasteiger partial charge in [-0.25, -0.2) is 8.42 Å². The quantitative estimate of drug-likeness (QED) is 0.734. The van der Waals surface area contributed by atoms with E-state index < -0.39 is 9.84 Å². The standard InChI is InChI=1S/C18H16Cl2N2O2S2/c19-13-5-7-14(8-6-13)22-17-11-26(23,24)10-16(17)21-18(22)25-9-12-3-1-2-4-15(12)20/h1-8,16-17H,9-11H2/t16-,17-/m0/s1. The van der Waals surface area contributed by atoms with Crippen LogP contribution in [0.1, 0.15) is 5.56 Å². The second kappa shape index (κ2) is 7.08. The molecule has 2 aromatic rings. The maximum Gasteiger partial charge on any atom is 0.164 e. The van der Waals surface area contributed by atoms with Gasteiger partial charge in [-0.3, -0.25) is 4.99 Å². The minimum absolute atomic E-state index is 0.109. The van der Waals surface area contributed by atoms with Crippen molar-refractivity contribution in [1.82, 2.24) is 0 Å². The Labute approximate surface area is 167 Å². The number of amidine groups is 1. The van der Waals surface area contributed by atoms with E-state index in [4.69, 9.17) is 28.2 Å². The summed E-state index contributed by atoms with van der Waals surface area (Å²) in [6.45, 7) is 0. The van der Waals surface area contributed by atoms with E-state index in [1.807, 2.05) is 53.4 Å². The number of fused-ring (bicyclic) bond motifs is 1. The molecule has 26 heavy (non-hydrogen) atoms. The van der Waals surface area contributed by atoms with Crippen molar-refractivity contribution in [2.24, 2.45) is 4.99 Å². The van der Waals surface area contributed by atoms with Gasteiger partial charge in [0.15, 0.2) is 15.0 Å². The molecule has 1 fully saturated rings. The topological polar surface area (TPSA) is 49.7 Å². The Balaban J connectivity index is 1.63. The monoisotopic (exact) mass is 426 g/mol. The van der Waals surface area contributed by atoms with Crippen LogP contribution >= 0.6 is 35.0 Å². The van der Waals surface area contributed by atoms with E-state index in [1.54, 1.807) is 11.8 Å². The highest BCUT2D eigenvalue weighted by Crippen LogP contribution is 2.36. The van der Waals surface area contributed by atoms with Crippen LogP contribution < -0.4 is 4.90 Å². The van der Waals surface area contributed by atoms with Crippen molar-refractivity contribution in [3.8, 4) is 0 Å². The van der Waals surface area contributed by atoms with Crippen LogP contribution in [0, 0.1) is 0 Å². The van der Waals surface area contributed by atoms with E-state index in [-0.39, 0.29) is 23.6 Å². The van der Waals surface area contributed by atoms with Gasteiger partial charge in [-0.05, 0) is 35.9 Å². The van der Waals surface area contributed by atoms with E-state index in [0.717, 1.165) is 21.4 Å². The molecule has 136 valence electrons. The number of aliphatic imine (C=N–C) groups is 1. The zero-order valence-electron chi connectivity index (χ0n) is 13.7. The van der Waals surface area contributed by atoms with E-state index >= 15 is 0 Å². The Morgan fingerprint density at radius 3 is 2.54 bits per heavy atom. The van der Waals surface area contributed by atoms with E-state index in [9.17, 15) is 8.42 Å². The van der Waals surface area contributed by atoms with Crippen molar-refractivity contribution in [2.45, 2.75) is 17.8 Å². The Bertz CT molecular complexity index is 961. The van der Waals surface area contributed by atoms with Gasteiger partial charge in [0.25, 0.3) is 0 Å². The predicted octanol–water partition coefficient (Wildman–Crippen LogP) is 4.27. The van der Waals surface area contributed by atoms with E-state index in [2.05, 4.69) is 0 Å². The first-order chi connectivity index (χ1) is 12.4. The lowest BCUT2D eigenvalue weighted by atomic mass is 10.1. The molecule has 2 aliphatic rings. The normalized spacial score (nSPS) is 23.8. The Hall–Kier alpha value is -1.21. The van der Waals surface area contributed by atoms with Gasteiger partial charge in [0.1, 0.15) is 0 Å². The molecule has 4 nitrogen and oxygen atoms in total. The Morgan fingerprint density at radius 2 is 1.81 bits per heavy atom. The molecule has 2 atom stereocenters. The number of hydrogen-bond donors (Lipinski definition) is 0. The highest BCUT2D eigenvalue weighted by Gasteiger charge is 2.47. The number of sulfone groups is 1. The summed E-state index contributed by atoms with van der Waals surface area (Å²) >= 11 is 13.8. The van der Waals surface area contributed by atoms with Crippen LogP contribution in [0.25, 0.3) is 0 Å². The van der Waals surface area contributed by atoms with Crippen molar-refractivity contribution in [3.63, 3.8) is 0 Å². The number of thioether (sulfide) groups is 1. The van der Waals surface area contributed by atoms with Crippen LogP contribution in [0.2, 0.25) is 10.0 Å². The van der Waals surface area contributed by atoms with Crippen molar-refractivity contribution >= 4 is 55.7 Å². The predicted molar refractivity (Wildman–Crippen MR) is 110 cm³/mol. The van der Waals surface area contributed by atoms with Gasteiger partial charge in [-0.2, -0.15) is 0 Å². The minimum atomic E-state index is -3.06. The molecule has 0 radical (unpaired) electrons. The molecule has 2 aliphatic heterocycles. The van der Waals surface area contributed by atoms with Crippen LogP contribution in [0.15, 0.2) is 53.5 Å². The summed E-state index contributed by atoms with van der Waals surface area (Å²) in [5, 5.41) is 2.20. The molecule has 0 unspecified atom stereocenters. The Kier molecular flexibility index (Phi) is 4.94. The molecule has 0 N–H and O–H groups in total. The highest BCUT2D eigenvalue weighted by molar-refractivity contribution is 8.13. The van der Waals surface area contributed by atoms with Crippen molar-refractivity contribution in [1.29, 1.82) is 0 Å². The van der Waals surface area contributed by atoms with Crippen LogP contribution in [-0.2, 0) is 15.6 Å². The first-order valence-electron chi connectivity index (χ1n) is 8.12. The molecule has 2 heterocycles. The first-order valence-corrected chi connectivity index (χ1v) is 11.7. The van der Waals surface area contributed by atoms with Gasteiger partial charge in [-0.15, -0.1) is 0 Å². The van der Waals surface area contributed by atoms with Crippen molar-refractivity contribution in [3.05, 3.63) is 64.1 Å². The number of benzene rings is 2.